The molecule has 0 heterocycles. The average molecular weight is 1070 g/mol. The first kappa shape index (κ1) is 73.0. The molecule has 3 unspecified atom stereocenters. The Balaban J connectivity index is 4.13. The third-order valence-electron chi connectivity index (χ3n) is 15.2. The van der Waals surface area contributed by atoms with E-state index in [9.17, 15) is 19.4 Å². The molecule has 0 bridgehead atoms. The van der Waals surface area contributed by atoms with Gasteiger partial charge >= 0.3 is 0 Å². The Morgan fingerprint density at radius 3 is 1.09 bits per heavy atom. The lowest BCUT2D eigenvalue weighted by atomic mass is 10.0. The third kappa shape index (κ3) is 58.7. The number of nitrogens with zero attached hydrogens (tertiary/aromatic N) is 1. The predicted octanol–water partition coefficient (Wildman–Crippen LogP) is 19.7. The SMILES string of the molecule is CCCCCCCCCCCCCCCCCCCCCCCCC/C=C/CC/C=C/C(O)C(COP(=O)([O-])OCC[N+](C)(C)C)NC(=O)CCCCCCCCCCCCCCCCCCCCCCCCC. The molecule has 0 aromatic rings. The number of rotatable bonds is 61. The Morgan fingerprint density at radius 2 is 0.757 bits per heavy atom. The number of hydrogen-bond acceptors (Lipinski definition) is 6. The Hall–Kier alpha value is -1.02. The lowest BCUT2D eigenvalue weighted by molar-refractivity contribution is -0.870. The van der Waals surface area contributed by atoms with Crippen LogP contribution < -0.4 is 10.2 Å². The zero-order valence-electron chi connectivity index (χ0n) is 50.3. The van der Waals surface area contributed by atoms with Crippen molar-refractivity contribution in [2.24, 2.45) is 0 Å². The number of carbonyl (C=O) groups is 1. The molecule has 0 fully saturated rings. The summed E-state index contributed by atoms with van der Waals surface area (Å²) in [5.41, 5.74) is 0. The quantitative estimate of drug-likeness (QED) is 0.0272. The number of aliphatic hydroxyl groups is 1. The Kier molecular flexibility index (Phi) is 55.9. The minimum atomic E-state index is -4.61. The maximum absolute atomic E-state index is 13.0. The van der Waals surface area contributed by atoms with Crippen molar-refractivity contribution in [2.45, 2.75) is 347 Å². The molecular formula is C65H129N2O6P. The molecule has 0 aliphatic heterocycles. The van der Waals surface area contributed by atoms with Gasteiger partial charge in [-0.2, -0.15) is 0 Å². The minimum Gasteiger partial charge on any atom is -0.756 e. The van der Waals surface area contributed by atoms with Gasteiger partial charge in [-0.05, 0) is 32.1 Å². The Morgan fingerprint density at radius 1 is 0.459 bits per heavy atom. The van der Waals surface area contributed by atoms with Crippen molar-refractivity contribution in [1.29, 1.82) is 0 Å². The second-order valence-corrected chi connectivity index (χ2v) is 25.2. The minimum absolute atomic E-state index is 0.00351. The smallest absolute Gasteiger partial charge is 0.268 e. The van der Waals surface area contributed by atoms with Crippen LogP contribution in [0.5, 0.6) is 0 Å². The van der Waals surface area contributed by atoms with E-state index in [4.69, 9.17) is 9.05 Å². The van der Waals surface area contributed by atoms with Crippen LogP contribution >= 0.6 is 7.82 Å². The number of quaternary nitrogens is 1. The maximum atomic E-state index is 13.0. The molecule has 0 aliphatic rings. The van der Waals surface area contributed by atoms with E-state index in [0.29, 0.717) is 17.4 Å². The Bertz CT molecular complexity index is 1260. The molecule has 2 N–H and O–H groups in total. The highest BCUT2D eigenvalue weighted by atomic mass is 31.2. The van der Waals surface area contributed by atoms with E-state index < -0.39 is 20.0 Å². The predicted molar refractivity (Wildman–Crippen MR) is 321 cm³/mol. The highest BCUT2D eigenvalue weighted by Crippen LogP contribution is 2.38. The van der Waals surface area contributed by atoms with Crippen LogP contribution in [-0.4, -0.2) is 68.5 Å². The van der Waals surface area contributed by atoms with E-state index in [1.165, 1.54) is 276 Å². The number of unbranched alkanes of at least 4 members (excludes halogenated alkanes) is 46. The van der Waals surface area contributed by atoms with Crippen LogP contribution in [-0.2, 0) is 18.4 Å². The highest BCUT2D eigenvalue weighted by molar-refractivity contribution is 7.45. The number of phosphoric acid groups is 1. The van der Waals surface area contributed by atoms with Crippen molar-refractivity contribution < 1.29 is 32.9 Å². The van der Waals surface area contributed by atoms with Crippen LogP contribution in [0.3, 0.4) is 0 Å². The number of carbonyl (C=O) groups excluding carboxylic acids is 1. The van der Waals surface area contributed by atoms with Gasteiger partial charge in [0.1, 0.15) is 13.2 Å². The maximum Gasteiger partial charge on any atom is 0.268 e. The van der Waals surface area contributed by atoms with E-state index in [2.05, 4.69) is 31.3 Å². The monoisotopic (exact) mass is 1060 g/mol. The van der Waals surface area contributed by atoms with Crippen LogP contribution in [0.25, 0.3) is 0 Å². The molecule has 0 aromatic carbocycles. The molecule has 1 amide bonds. The molecular weight excluding hydrogens is 936 g/mol. The lowest BCUT2D eigenvalue weighted by Gasteiger charge is -2.29. The summed E-state index contributed by atoms with van der Waals surface area (Å²) in [5.74, 6) is -0.199. The molecule has 3 atom stereocenters. The fourth-order valence-corrected chi connectivity index (χ4v) is 10.8. The van der Waals surface area contributed by atoms with Gasteiger partial charge in [0, 0.05) is 6.42 Å². The van der Waals surface area contributed by atoms with Crippen molar-refractivity contribution in [3.8, 4) is 0 Å². The largest absolute Gasteiger partial charge is 0.756 e. The zero-order chi connectivity index (χ0) is 54.2. The van der Waals surface area contributed by atoms with Crippen molar-refractivity contribution in [1.82, 2.24) is 5.32 Å². The second kappa shape index (κ2) is 56.7. The first-order valence-electron chi connectivity index (χ1n) is 32.7. The van der Waals surface area contributed by atoms with Gasteiger partial charge in [-0.25, -0.2) is 0 Å². The summed E-state index contributed by atoms with van der Waals surface area (Å²) in [5, 5.41) is 13.9. The van der Waals surface area contributed by atoms with Crippen LogP contribution in [0.2, 0.25) is 0 Å². The fourth-order valence-electron chi connectivity index (χ4n) is 10.1. The summed E-state index contributed by atoms with van der Waals surface area (Å²) in [6, 6.07) is -0.901. The van der Waals surface area contributed by atoms with Crippen LogP contribution in [0.15, 0.2) is 24.3 Å². The zero-order valence-corrected chi connectivity index (χ0v) is 51.2. The summed E-state index contributed by atoms with van der Waals surface area (Å²) in [7, 11) is 1.26. The molecule has 0 aliphatic carbocycles. The molecule has 74 heavy (non-hydrogen) atoms. The van der Waals surface area contributed by atoms with E-state index in [1.807, 2.05) is 27.2 Å². The summed E-state index contributed by atoms with van der Waals surface area (Å²) >= 11 is 0. The molecule has 0 saturated heterocycles. The van der Waals surface area contributed by atoms with Crippen LogP contribution in [0.1, 0.15) is 335 Å². The number of amides is 1. The molecule has 0 rings (SSSR count). The molecule has 0 saturated carbocycles. The van der Waals surface area contributed by atoms with Gasteiger partial charge in [-0.1, -0.05) is 321 Å². The molecule has 0 spiro atoms. The van der Waals surface area contributed by atoms with E-state index in [0.717, 1.165) is 38.5 Å². The standard InChI is InChI=1S/C65H129N2O6P/c1-6-8-10-12-14-16-18-20-22-24-26-28-30-31-32-33-34-35-37-38-40-42-44-46-48-50-52-54-56-58-64(68)63(62-73-74(70,71)72-61-60-67(3,4)5)66-65(69)59-57-55-53-51-49-47-45-43-41-39-36-29-27-25-23-21-19-17-15-13-11-9-7-2/h48,50,56,58,63-64,68H,6-47,49,51-55,57,59-62H2,1-5H3,(H-,66,69,70,71)/b50-48+,58-56+. The van der Waals surface area contributed by atoms with Gasteiger partial charge < -0.3 is 28.8 Å². The van der Waals surface area contributed by atoms with Gasteiger partial charge in [0.15, 0.2) is 0 Å². The van der Waals surface area contributed by atoms with E-state index in [1.54, 1.807) is 6.08 Å². The van der Waals surface area contributed by atoms with E-state index >= 15 is 0 Å². The molecule has 440 valence electrons. The van der Waals surface area contributed by atoms with Crippen LogP contribution in [0.4, 0.5) is 0 Å². The van der Waals surface area contributed by atoms with Crippen molar-refractivity contribution in [2.75, 3.05) is 40.9 Å². The number of phosphoric ester groups is 1. The van der Waals surface area contributed by atoms with Gasteiger partial charge in [-0.15, -0.1) is 0 Å². The lowest BCUT2D eigenvalue weighted by Crippen LogP contribution is -2.45. The molecule has 9 heteroatoms. The number of aliphatic hydroxyl groups excluding tert-OH is 1. The van der Waals surface area contributed by atoms with Crippen molar-refractivity contribution >= 4 is 13.7 Å². The number of hydrogen-bond donors (Lipinski definition) is 2. The Labute approximate surface area is 462 Å². The fraction of sp³-hybridized carbons (Fsp3) is 0.923. The normalized spacial score (nSPS) is 13.9. The first-order valence-corrected chi connectivity index (χ1v) is 34.2. The number of nitrogens with one attached hydrogen (secondary N) is 1. The van der Waals surface area contributed by atoms with Crippen LogP contribution in [0, 0.1) is 0 Å². The number of likely N-dealkylation sites (N-methyl/N-ethyl adjacent to an activating group) is 1. The third-order valence-corrected chi connectivity index (χ3v) is 16.1. The summed E-state index contributed by atoms with van der Waals surface area (Å²) in [4.78, 5) is 25.6. The molecule has 0 radical (unpaired) electrons. The summed E-state index contributed by atoms with van der Waals surface area (Å²) in [6.45, 7) is 4.69. The van der Waals surface area contributed by atoms with Gasteiger partial charge in [0.05, 0.1) is 39.9 Å². The van der Waals surface area contributed by atoms with Gasteiger partial charge in [0.2, 0.25) is 5.91 Å². The van der Waals surface area contributed by atoms with Crippen molar-refractivity contribution in [3.63, 3.8) is 0 Å². The summed E-state index contributed by atoms with van der Waals surface area (Å²) in [6.07, 6.45) is 72.9. The highest BCUT2D eigenvalue weighted by Gasteiger charge is 2.23. The van der Waals surface area contributed by atoms with E-state index in [-0.39, 0.29) is 19.1 Å². The van der Waals surface area contributed by atoms with Crippen molar-refractivity contribution in [3.05, 3.63) is 24.3 Å². The van der Waals surface area contributed by atoms with Gasteiger partial charge in [-0.3, -0.25) is 9.36 Å². The average Bonchev–Trinajstić information content (AvgIpc) is 3.36. The second-order valence-electron chi connectivity index (χ2n) is 23.8. The molecule has 8 nitrogen and oxygen atoms in total. The first-order chi connectivity index (χ1) is 36.0. The number of allylic oxidation sites excluding steroid dienone is 3. The molecule has 0 aromatic heterocycles. The topological polar surface area (TPSA) is 108 Å². The summed E-state index contributed by atoms with van der Waals surface area (Å²) < 4.78 is 23.4. The van der Waals surface area contributed by atoms with Gasteiger partial charge in [0.25, 0.3) is 7.82 Å².